The molecular formula is C11H14N2S2. The van der Waals surface area contributed by atoms with Gasteiger partial charge >= 0.3 is 0 Å². The van der Waals surface area contributed by atoms with E-state index < -0.39 is 0 Å². The lowest BCUT2D eigenvalue weighted by Gasteiger charge is -2.04. The van der Waals surface area contributed by atoms with Gasteiger partial charge in [-0.05, 0) is 32.2 Å². The summed E-state index contributed by atoms with van der Waals surface area (Å²) in [6.07, 6.45) is 0. The Balaban J connectivity index is 2.30. The maximum Gasteiger partial charge on any atom is 0.183 e. The van der Waals surface area contributed by atoms with Gasteiger partial charge in [0.25, 0.3) is 0 Å². The first-order valence-electron chi connectivity index (χ1n) is 4.94. The Morgan fingerprint density at radius 1 is 1.40 bits per heavy atom. The third-order valence-corrected chi connectivity index (χ3v) is 3.74. The van der Waals surface area contributed by atoms with Gasteiger partial charge in [0.15, 0.2) is 5.13 Å². The highest BCUT2D eigenvalue weighted by molar-refractivity contribution is 7.17. The van der Waals surface area contributed by atoms with Gasteiger partial charge in [-0.25, -0.2) is 4.98 Å². The molecule has 0 saturated heterocycles. The van der Waals surface area contributed by atoms with Crippen molar-refractivity contribution in [2.24, 2.45) is 0 Å². The number of hydrogen-bond acceptors (Lipinski definition) is 4. The van der Waals surface area contributed by atoms with E-state index in [2.05, 4.69) is 48.6 Å². The van der Waals surface area contributed by atoms with Crippen LogP contribution in [0.25, 0.3) is 10.6 Å². The van der Waals surface area contributed by atoms with Crippen LogP contribution < -0.4 is 5.32 Å². The number of nitrogens with zero attached hydrogens (tertiary/aromatic N) is 1. The van der Waals surface area contributed by atoms with Gasteiger partial charge in [-0.2, -0.15) is 0 Å². The van der Waals surface area contributed by atoms with Crippen molar-refractivity contribution < 1.29 is 0 Å². The second-order valence-electron chi connectivity index (χ2n) is 3.70. The van der Waals surface area contributed by atoms with Crippen molar-refractivity contribution in [1.82, 2.24) is 4.98 Å². The quantitative estimate of drug-likeness (QED) is 0.874. The highest BCUT2D eigenvalue weighted by atomic mass is 32.1. The number of thiophene rings is 1. The molecule has 0 aliphatic carbocycles. The number of rotatable bonds is 3. The van der Waals surface area contributed by atoms with Crippen molar-refractivity contribution >= 4 is 27.8 Å². The molecule has 0 spiro atoms. The van der Waals surface area contributed by atoms with E-state index in [1.54, 1.807) is 22.7 Å². The van der Waals surface area contributed by atoms with Crippen LogP contribution in [0.2, 0.25) is 0 Å². The molecule has 2 aromatic heterocycles. The summed E-state index contributed by atoms with van der Waals surface area (Å²) in [7, 11) is 0. The molecule has 2 heterocycles. The molecule has 0 amide bonds. The smallest absolute Gasteiger partial charge is 0.183 e. The molecule has 0 aliphatic rings. The third-order valence-electron chi connectivity index (χ3n) is 1.96. The molecule has 0 fully saturated rings. The number of anilines is 1. The molecule has 0 aliphatic heterocycles. The Kier molecular flexibility index (Phi) is 3.07. The van der Waals surface area contributed by atoms with Gasteiger partial charge in [-0.3, -0.25) is 0 Å². The van der Waals surface area contributed by atoms with Crippen LogP contribution in [0, 0.1) is 6.92 Å². The van der Waals surface area contributed by atoms with E-state index in [4.69, 9.17) is 0 Å². The molecule has 2 aromatic rings. The molecule has 0 saturated carbocycles. The Labute approximate surface area is 98.0 Å². The van der Waals surface area contributed by atoms with Gasteiger partial charge in [0, 0.05) is 10.9 Å². The van der Waals surface area contributed by atoms with Crippen LogP contribution in [0.4, 0.5) is 5.13 Å². The molecule has 0 bridgehead atoms. The van der Waals surface area contributed by atoms with Gasteiger partial charge in [-0.1, -0.05) is 6.07 Å². The maximum absolute atomic E-state index is 4.61. The lowest BCUT2D eigenvalue weighted by Crippen LogP contribution is -2.08. The van der Waals surface area contributed by atoms with Gasteiger partial charge < -0.3 is 5.32 Å². The topological polar surface area (TPSA) is 24.9 Å². The normalized spacial score (nSPS) is 10.9. The Bertz CT molecular complexity index is 429. The third kappa shape index (κ3) is 2.38. The Morgan fingerprint density at radius 2 is 2.20 bits per heavy atom. The zero-order valence-electron chi connectivity index (χ0n) is 9.07. The summed E-state index contributed by atoms with van der Waals surface area (Å²) in [6, 6.07) is 4.62. The molecule has 15 heavy (non-hydrogen) atoms. The van der Waals surface area contributed by atoms with E-state index in [-0.39, 0.29) is 0 Å². The monoisotopic (exact) mass is 238 g/mol. The molecule has 80 valence electrons. The van der Waals surface area contributed by atoms with Gasteiger partial charge in [0.1, 0.15) is 0 Å². The zero-order chi connectivity index (χ0) is 10.8. The fourth-order valence-electron chi connectivity index (χ4n) is 1.35. The van der Waals surface area contributed by atoms with Crippen LogP contribution in [0.1, 0.15) is 18.7 Å². The summed E-state index contributed by atoms with van der Waals surface area (Å²) in [5.74, 6) is 0. The van der Waals surface area contributed by atoms with E-state index in [9.17, 15) is 0 Å². The van der Waals surface area contributed by atoms with E-state index in [1.165, 1.54) is 9.75 Å². The van der Waals surface area contributed by atoms with E-state index in [1.807, 2.05) is 0 Å². The van der Waals surface area contributed by atoms with E-state index in [0.29, 0.717) is 6.04 Å². The van der Waals surface area contributed by atoms with Gasteiger partial charge in [0.2, 0.25) is 0 Å². The highest BCUT2D eigenvalue weighted by Gasteiger charge is 2.10. The maximum atomic E-state index is 4.61. The van der Waals surface area contributed by atoms with Crippen molar-refractivity contribution in [2.45, 2.75) is 26.8 Å². The average Bonchev–Trinajstić information content (AvgIpc) is 2.72. The second kappa shape index (κ2) is 4.33. The predicted octanol–water partition coefficient (Wildman–Crippen LogP) is 4.00. The first kappa shape index (κ1) is 10.6. The van der Waals surface area contributed by atoms with Crippen LogP contribution in [0.15, 0.2) is 17.5 Å². The van der Waals surface area contributed by atoms with Crippen LogP contribution in [0.5, 0.6) is 0 Å². The molecule has 2 rings (SSSR count). The summed E-state index contributed by atoms with van der Waals surface area (Å²) in [5, 5.41) is 6.45. The standard InChI is InChI=1S/C11H14N2S2/c1-7(2)12-11-13-10(8(3)15-11)9-5-4-6-14-9/h4-7H,1-3H3,(H,12,13). The number of thiazole rings is 1. The Hall–Kier alpha value is -0.870. The minimum atomic E-state index is 0.437. The lowest BCUT2D eigenvalue weighted by molar-refractivity contribution is 0.897. The fourth-order valence-corrected chi connectivity index (χ4v) is 3.16. The van der Waals surface area contributed by atoms with Crippen molar-refractivity contribution in [3.63, 3.8) is 0 Å². The minimum absolute atomic E-state index is 0.437. The first-order chi connectivity index (χ1) is 7.16. The zero-order valence-corrected chi connectivity index (χ0v) is 10.7. The summed E-state index contributed by atoms with van der Waals surface area (Å²) in [4.78, 5) is 7.14. The molecule has 4 heteroatoms. The van der Waals surface area contributed by atoms with Crippen molar-refractivity contribution in [2.75, 3.05) is 5.32 Å². The van der Waals surface area contributed by atoms with Crippen molar-refractivity contribution in [1.29, 1.82) is 0 Å². The van der Waals surface area contributed by atoms with Crippen molar-refractivity contribution in [3.05, 3.63) is 22.4 Å². The number of aryl methyl sites for hydroxylation is 1. The average molecular weight is 238 g/mol. The highest BCUT2D eigenvalue weighted by Crippen LogP contribution is 2.32. The van der Waals surface area contributed by atoms with E-state index >= 15 is 0 Å². The molecular weight excluding hydrogens is 224 g/mol. The van der Waals surface area contributed by atoms with Crippen LogP contribution in [0.3, 0.4) is 0 Å². The molecule has 0 atom stereocenters. The summed E-state index contributed by atoms with van der Waals surface area (Å²) >= 11 is 3.46. The summed E-state index contributed by atoms with van der Waals surface area (Å²) < 4.78 is 0. The number of hydrogen-bond donors (Lipinski definition) is 1. The van der Waals surface area contributed by atoms with Crippen LogP contribution in [-0.4, -0.2) is 11.0 Å². The van der Waals surface area contributed by atoms with E-state index in [0.717, 1.165) is 10.8 Å². The number of nitrogens with one attached hydrogen (secondary N) is 1. The molecule has 2 nitrogen and oxygen atoms in total. The lowest BCUT2D eigenvalue weighted by atomic mass is 10.3. The minimum Gasteiger partial charge on any atom is -0.359 e. The van der Waals surface area contributed by atoms with Crippen molar-refractivity contribution in [3.8, 4) is 10.6 Å². The summed E-state index contributed by atoms with van der Waals surface area (Å²) in [5.41, 5.74) is 1.12. The van der Waals surface area contributed by atoms with Crippen LogP contribution >= 0.6 is 22.7 Å². The fraction of sp³-hybridized carbons (Fsp3) is 0.364. The first-order valence-corrected chi connectivity index (χ1v) is 6.64. The number of aromatic nitrogens is 1. The molecule has 0 aromatic carbocycles. The predicted molar refractivity (Wildman–Crippen MR) is 68.9 cm³/mol. The molecule has 0 unspecified atom stereocenters. The SMILES string of the molecule is Cc1sc(NC(C)C)nc1-c1cccs1. The summed E-state index contributed by atoms with van der Waals surface area (Å²) in [6.45, 7) is 6.38. The molecule has 0 radical (unpaired) electrons. The molecule has 1 N–H and O–H groups in total. The van der Waals surface area contributed by atoms with Crippen LogP contribution in [-0.2, 0) is 0 Å². The Morgan fingerprint density at radius 3 is 2.80 bits per heavy atom. The van der Waals surface area contributed by atoms with Gasteiger partial charge in [-0.15, -0.1) is 22.7 Å². The second-order valence-corrected chi connectivity index (χ2v) is 5.85. The largest absolute Gasteiger partial charge is 0.359 e. The van der Waals surface area contributed by atoms with Gasteiger partial charge in [0.05, 0.1) is 10.6 Å².